The minimum absolute atomic E-state index is 0.335. The molecule has 0 aliphatic heterocycles. The lowest BCUT2D eigenvalue weighted by Gasteiger charge is -2.03. The highest BCUT2D eigenvalue weighted by Crippen LogP contribution is 2.12. The standard InChI is InChI=1S/C10H7N5/c11-6-9-5-10(14-7-13-9)15-8-1-3-12-4-2-8/h1-5,7H,(H,12,13,14,15). The van der Waals surface area contributed by atoms with Gasteiger partial charge in [-0.1, -0.05) is 0 Å². The molecular formula is C10H7N5. The topological polar surface area (TPSA) is 74.5 Å². The van der Waals surface area contributed by atoms with Crippen molar-refractivity contribution < 1.29 is 0 Å². The van der Waals surface area contributed by atoms with Gasteiger partial charge < -0.3 is 5.32 Å². The van der Waals surface area contributed by atoms with E-state index in [0.717, 1.165) is 5.69 Å². The second-order valence-electron chi connectivity index (χ2n) is 2.76. The zero-order valence-electron chi connectivity index (χ0n) is 7.75. The largest absolute Gasteiger partial charge is 0.340 e. The maximum atomic E-state index is 8.65. The summed E-state index contributed by atoms with van der Waals surface area (Å²) in [5, 5.41) is 11.7. The van der Waals surface area contributed by atoms with Crippen LogP contribution in [0.1, 0.15) is 5.69 Å². The second kappa shape index (κ2) is 4.15. The Hall–Kier alpha value is -2.48. The van der Waals surface area contributed by atoms with E-state index in [-0.39, 0.29) is 0 Å². The van der Waals surface area contributed by atoms with E-state index in [4.69, 9.17) is 5.26 Å². The highest BCUT2D eigenvalue weighted by molar-refractivity contribution is 5.55. The first-order chi connectivity index (χ1) is 7.38. The van der Waals surface area contributed by atoms with Crippen molar-refractivity contribution in [3.8, 4) is 6.07 Å². The Kier molecular flexibility index (Phi) is 2.52. The molecule has 0 bridgehead atoms. The van der Waals surface area contributed by atoms with Crippen molar-refractivity contribution in [3.63, 3.8) is 0 Å². The van der Waals surface area contributed by atoms with E-state index in [0.29, 0.717) is 11.5 Å². The van der Waals surface area contributed by atoms with Crippen molar-refractivity contribution in [1.82, 2.24) is 15.0 Å². The molecule has 2 aromatic heterocycles. The fourth-order valence-electron chi connectivity index (χ4n) is 1.07. The lowest BCUT2D eigenvalue weighted by molar-refractivity contribution is 1.14. The number of nitriles is 1. The SMILES string of the molecule is N#Cc1cc(Nc2ccncc2)ncn1. The van der Waals surface area contributed by atoms with Gasteiger partial charge in [-0.2, -0.15) is 5.26 Å². The molecule has 0 amide bonds. The predicted octanol–water partition coefficient (Wildman–Crippen LogP) is 1.49. The van der Waals surface area contributed by atoms with Gasteiger partial charge in [-0.05, 0) is 12.1 Å². The van der Waals surface area contributed by atoms with Gasteiger partial charge in [-0.3, -0.25) is 4.98 Å². The van der Waals surface area contributed by atoms with Crippen molar-refractivity contribution in [3.05, 3.63) is 42.6 Å². The Labute approximate surface area is 86.5 Å². The molecule has 0 aromatic carbocycles. The number of hydrogen-bond donors (Lipinski definition) is 1. The van der Waals surface area contributed by atoms with Crippen LogP contribution in [-0.2, 0) is 0 Å². The number of pyridine rings is 1. The van der Waals surface area contributed by atoms with Crippen LogP contribution < -0.4 is 5.32 Å². The third kappa shape index (κ3) is 2.25. The van der Waals surface area contributed by atoms with E-state index in [1.165, 1.54) is 6.33 Å². The number of hydrogen-bond acceptors (Lipinski definition) is 5. The van der Waals surface area contributed by atoms with E-state index in [2.05, 4.69) is 20.3 Å². The summed E-state index contributed by atoms with van der Waals surface area (Å²) in [7, 11) is 0. The van der Waals surface area contributed by atoms with Gasteiger partial charge in [0.15, 0.2) is 0 Å². The summed E-state index contributed by atoms with van der Waals surface area (Å²) in [6, 6.07) is 7.16. The van der Waals surface area contributed by atoms with Crippen molar-refractivity contribution in [2.24, 2.45) is 0 Å². The molecule has 2 aromatic rings. The van der Waals surface area contributed by atoms with Crippen LogP contribution in [0.2, 0.25) is 0 Å². The van der Waals surface area contributed by atoms with Crippen LogP contribution in [0.5, 0.6) is 0 Å². The Balaban J connectivity index is 2.22. The summed E-state index contributed by atoms with van der Waals surface area (Å²) < 4.78 is 0. The van der Waals surface area contributed by atoms with Crippen molar-refractivity contribution >= 4 is 11.5 Å². The quantitative estimate of drug-likeness (QED) is 0.789. The van der Waals surface area contributed by atoms with Crippen molar-refractivity contribution in [1.29, 1.82) is 5.26 Å². The van der Waals surface area contributed by atoms with E-state index in [1.807, 2.05) is 18.2 Å². The summed E-state index contributed by atoms with van der Waals surface area (Å²) in [5.41, 5.74) is 1.20. The molecule has 2 rings (SSSR count). The van der Waals surface area contributed by atoms with Crippen LogP contribution in [0, 0.1) is 11.3 Å². The van der Waals surface area contributed by atoms with Gasteiger partial charge in [0.05, 0.1) is 0 Å². The predicted molar refractivity (Wildman–Crippen MR) is 54.3 cm³/mol. The normalized spacial score (nSPS) is 9.27. The monoisotopic (exact) mass is 197 g/mol. The van der Waals surface area contributed by atoms with E-state index in [1.54, 1.807) is 18.5 Å². The molecule has 0 aliphatic rings. The fourth-order valence-corrected chi connectivity index (χ4v) is 1.07. The zero-order valence-corrected chi connectivity index (χ0v) is 7.75. The number of aromatic nitrogens is 3. The van der Waals surface area contributed by atoms with Gasteiger partial charge in [0.1, 0.15) is 23.9 Å². The maximum absolute atomic E-state index is 8.65. The van der Waals surface area contributed by atoms with Crippen LogP contribution >= 0.6 is 0 Å². The van der Waals surface area contributed by atoms with Crippen molar-refractivity contribution in [2.75, 3.05) is 5.32 Å². The summed E-state index contributed by atoms with van der Waals surface area (Å²) in [6.45, 7) is 0. The van der Waals surface area contributed by atoms with Gasteiger partial charge in [0.2, 0.25) is 0 Å². The maximum Gasteiger partial charge on any atom is 0.145 e. The summed E-state index contributed by atoms with van der Waals surface area (Å²) in [5.74, 6) is 0.591. The average molecular weight is 197 g/mol. The van der Waals surface area contributed by atoms with Gasteiger partial charge in [-0.15, -0.1) is 0 Å². The van der Waals surface area contributed by atoms with Gasteiger partial charge in [0, 0.05) is 24.1 Å². The molecular weight excluding hydrogens is 190 g/mol. The minimum atomic E-state index is 0.335. The van der Waals surface area contributed by atoms with E-state index in [9.17, 15) is 0 Å². The average Bonchev–Trinajstić information content (AvgIpc) is 2.31. The number of nitrogens with zero attached hydrogens (tertiary/aromatic N) is 4. The fraction of sp³-hybridized carbons (Fsp3) is 0. The Morgan fingerprint density at radius 1 is 1.20 bits per heavy atom. The molecule has 1 N–H and O–H groups in total. The summed E-state index contributed by atoms with van der Waals surface area (Å²) in [4.78, 5) is 11.7. The molecule has 15 heavy (non-hydrogen) atoms. The molecule has 2 heterocycles. The van der Waals surface area contributed by atoms with Gasteiger partial charge in [-0.25, -0.2) is 9.97 Å². The van der Waals surface area contributed by atoms with Crippen LogP contribution in [0.3, 0.4) is 0 Å². The summed E-state index contributed by atoms with van der Waals surface area (Å²) in [6.07, 6.45) is 4.70. The third-order valence-electron chi connectivity index (χ3n) is 1.73. The first-order valence-corrected chi connectivity index (χ1v) is 4.27. The summed E-state index contributed by atoms with van der Waals surface area (Å²) >= 11 is 0. The lowest BCUT2D eigenvalue weighted by atomic mass is 10.4. The molecule has 5 nitrogen and oxygen atoms in total. The zero-order chi connectivity index (χ0) is 10.5. The van der Waals surface area contributed by atoms with Crippen LogP contribution in [-0.4, -0.2) is 15.0 Å². The Morgan fingerprint density at radius 2 is 2.00 bits per heavy atom. The van der Waals surface area contributed by atoms with E-state index < -0.39 is 0 Å². The first-order valence-electron chi connectivity index (χ1n) is 4.27. The first kappa shape index (κ1) is 9.09. The number of rotatable bonds is 2. The molecule has 0 aliphatic carbocycles. The molecule has 0 unspecified atom stereocenters. The Morgan fingerprint density at radius 3 is 2.73 bits per heavy atom. The highest BCUT2D eigenvalue weighted by atomic mass is 15.0. The molecule has 0 saturated carbocycles. The third-order valence-corrected chi connectivity index (χ3v) is 1.73. The molecule has 72 valence electrons. The number of nitrogens with one attached hydrogen (secondary N) is 1. The highest BCUT2D eigenvalue weighted by Gasteiger charge is 1.97. The molecule has 5 heteroatoms. The molecule has 0 fully saturated rings. The minimum Gasteiger partial charge on any atom is -0.340 e. The van der Waals surface area contributed by atoms with Gasteiger partial charge >= 0.3 is 0 Å². The van der Waals surface area contributed by atoms with Gasteiger partial charge in [0.25, 0.3) is 0 Å². The van der Waals surface area contributed by atoms with Crippen LogP contribution in [0.25, 0.3) is 0 Å². The molecule has 0 spiro atoms. The Bertz CT molecular complexity index is 489. The number of anilines is 2. The lowest BCUT2D eigenvalue weighted by Crippen LogP contribution is -1.95. The second-order valence-corrected chi connectivity index (χ2v) is 2.76. The smallest absolute Gasteiger partial charge is 0.145 e. The molecule has 0 radical (unpaired) electrons. The van der Waals surface area contributed by atoms with Crippen LogP contribution in [0.4, 0.5) is 11.5 Å². The molecule has 0 saturated heterocycles. The van der Waals surface area contributed by atoms with Crippen molar-refractivity contribution in [2.45, 2.75) is 0 Å². The van der Waals surface area contributed by atoms with Crippen LogP contribution in [0.15, 0.2) is 36.9 Å². The van der Waals surface area contributed by atoms with E-state index >= 15 is 0 Å². The molecule has 0 atom stereocenters.